The van der Waals surface area contributed by atoms with E-state index in [-0.39, 0.29) is 17.7 Å². The van der Waals surface area contributed by atoms with Gasteiger partial charge in [-0.2, -0.15) is 17.0 Å². The fraction of sp³-hybridized carbons (Fsp3) is 0.375. The molecule has 7 nitrogen and oxygen atoms in total. The highest BCUT2D eigenvalue weighted by Crippen LogP contribution is 2.13. The van der Waals surface area contributed by atoms with E-state index in [1.807, 2.05) is 30.0 Å². The summed E-state index contributed by atoms with van der Waals surface area (Å²) >= 11 is 3.12. The van der Waals surface area contributed by atoms with E-state index in [0.29, 0.717) is 15.7 Å². The van der Waals surface area contributed by atoms with Crippen molar-refractivity contribution in [2.45, 2.75) is 19.9 Å². The quantitative estimate of drug-likeness (QED) is 0.542. The minimum Gasteiger partial charge on any atom is -0.360 e. The maximum Gasteiger partial charge on any atom is 0.270 e. The van der Waals surface area contributed by atoms with Crippen LogP contribution in [0, 0.1) is 23.7 Å². The van der Waals surface area contributed by atoms with E-state index in [0.717, 1.165) is 43.1 Å². The first-order chi connectivity index (χ1) is 16.1. The Hall–Kier alpha value is -2.98. The topological polar surface area (TPSA) is 90.2 Å². The summed E-state index contributed by atoms with van der Waals surface area (Å²) in [6.07, 6.45) is 7.79. The molecule has 1 aromatic heterocycles. The van der Waals surface area contributed by atoms with E-state index in [2.05, 4.69) is 33.6 Å². The van der Waals surface area contributed by atoms with Gasteiger partial charge >= 0.3 is 0 Å². The summed E-state index contributed by atoms with van der Waals surface area (Å²) in [4.78, 5) is 27.7. The van der Waals surface area contributed by atoms with Crippen molar-refractivity contribution in [2.75, 3.05) is 43.0 Å². The van der Waals surface area contributed by atoms with Crippen LogP contribution in [-0.4, -0.2) is 53.1 Å². The van der Waals surface area contributed by atoms with Crippen molar-refractivity contribution in [3.05, 3.63) is 49.4 Å². The lowest BCUT2D eigenvalue weighted by atomic mass is 10.1. The molecule has 0 aliphatic carbocycles. The number of amides is 1. The van der Waals surface area contributed by atoms with Gasteiger partial charge in [0.15, 0.2) is 5.57 Å². The molecule has 0 saturated carbocycles. The Labute approximate surface area is 201 Å². The largest absolute Gasteiger partial charge is 0.360 e. The average molecular weight is 482 g/mol. The zero-order valence-corrected chi connectivity index (χ0v) is 20.2. The molecule has 3 rings (SSSR count). The number of nitrogens with one attached hydrogen (secondary N) is 2. The van der Waals surface area contributed by atoms with Gasteiger partial charge in [-0.3, -0.25) is 14.2 Å². The number of carbonyl (C=O) groups excluding carboxylic acids is 1. The van der Waals surface area contributed by atoms with Gasteiger partial charge in [0.1, 0.15) is 15.3 Å². The number of hydrogen-bond acceptors (Lipinski definition) is 7. The van der Waals surface area contributed by atoms with Crippen molar-refractivity contribution in [1.29, 1.82) is 5.26 Å². The smallest absolute Gasteiger partial charge is 0.270 e. The Morgan fingerprint density at radius 2 is 2.12 bits per heavy atom. The first kappa shape index (κ1) is 24.7. The molecule has 33 heavy (non-hydrogen) atoms. The normalized spacial score (nSPS) is 15.4. The van der Waals surface area contributed by atoms with Crippen molar-refractivity contribution in [3.63, 3.8) is 0 Å². The maximum atomic E-state index is 12.9. The lowest BCUT2D eigenvalue weighted by molar-refractivity contribution is -0.115. The summed E-state index contributed by atoms with van der Waals surface area (Å²) in [6, 6.07) is 10.1. The van der Waals surface area contributed by atoms with Crippen LogP contribution in [0.15, 0.2) is 29.1 Å². The number of carbonyl (C=O) groups is 1. The average Bonchev–Trinajstić information content (AvgIpc) is 3.16. The van der Waals surface area contributed by atoms with Gasteiger partial charge in [-0.25, -0.2) is 0 Å². The monoisotopic (exact) mass is 481 g/mol. The van der Waals surface area contributed by atoms with E-state index in [1.54, 1.807) is 13.1 Å². The van der Waals surface area contributed by atoms with Crippen LogP contribution >= 0.6 is 23.1 Å². The lowest BCUT2D eigenvalue weighted by Gasteiger charge is -2.26. The number of thioether (sulfide) groups is 1. The van der Waals surface area contributed by atoms with E-state index in [4.69, 9.17) is 6.42 Å². The molecular weight excluding hydrogens is 454 g/mol. The van der Waals surface area contributed by atoms with E-state index >= 15 is 0 Å². The van der Waals surface area contributed by atoms with E-state index in [9.17, 15) is 14.9 Å². The van der Waals surface area contributed by atoms with Crippen LogP contribution < -0.4 is 25.4 Å². The number of hydrogen-bond donors (Lipinski definition) is 2. The minimum absolute atomic E-state index is 0.0132. The van der Waals surface area contributed by atoms with Crippen LogP contribution in [0.1, 0.15) is 12.5 Å². The third kappa shape index (κ3) is 6.52. The number of aromatic nitrogens is 1. The van der Waals surface area contributed by atoms with Gasteiger partial charge in [0.2, 0.25) is 0 Å². The highest BCUT2D eigenvalue weighted by Gasteiger charge is 2.15. The number of nitrogens with zero attached hydrogens (tertiary/aromatic N) is 3. The number of nitriles is 1. The summed E-state index contributed by atoms with van der Waals surface area (Å²) in [5.74, 6) is 4.12. The molecule has 0 spiro atoms. The molecule has 172 valence electrons. The second-order valence-corrected chi connectivity index (χ2v) is 9.64. The van der Waals surface area contributed by atoms with Crippen molar-refractivity contribution in [3.8, 4) is 18.4 Å². The number of thiazole rings is 1. The van der Waals surface area contributed by atoms with Gasteiger partial charge in [-0.1, -0.05) is 18.1 Å². The molecule has 0 atom stereocenters. The van der Waals surface area contributed by atoms with Crippen molar-refractivity contribution in [1.82, 2.24) is 14.8 Å². The van der Waals surface area contributed by atoms with Crippen LogP contribution in [-0.2, 0) is 17.8 Å². The van der Waals surface area contributed by atoms with Crippen LogP contribution in [0.2, 0.25) is 0 Å². The molecule has 0 radical (unpaired) electrons. The molecule has 2 heterocycles. The van der Waals surface area contributed by atoms with Crippen LogP contribution in [0.25, 0.3) is 11.8 Å². The fourth-order valence-corrected chi connectivity index (χ4v) is 5.55. The first-order valence-corrected chi connectivity index (χ1v) is 12.8. The molecule has 1 aliphatic heterocycles. The zero-order valence-electron chi connectivity index (χ0n) is 18.6. The van der Waals surface area contributed by atoms with Gasteiger partial charge in [0, 0.05) is 49.6 Å². The molecule has 2 N–H and O–H groups in total. The number of terminal acetylenes is 1. The number of benzene rings is 1. The molecule has 1 fully saturated rings. The van der Waals surface area contributed by atoms with Gasteiger partial charge in [-0.05, 0) is 31.0 Å². The van der Waals surface area contributed by atoms with Crippen molar-refractivity contribution >= 4 is 46.5 Å². The first-order valence-electron chi connectivity index (χ1n) is 10.8. The summed E-state index contributed by atoms with van der Waals surface area (Å²) in [7, 11) is 0. The molecule has 1 saturated heterocycles. The summed E-state index contributed by atoms with van der Waals surface area (Å²) < 4.78 is 2.17. The van der Waals surface area contributed by atoms with Crippen molar-refractivity contribution in [2.24, 2.45) is 0 Å². The Balaban J connectivity index is 1.82. The zero-order chi connectivity index (χ0) is 23.6. The molecule has 0 bridgehead atoms. The minimum atomic E-state index is -0.585. The SMILES string of the molecule is C#CCNC(=O)/C(C#N)=c1\s/c(=C/Nc2cccc(CCN3CCSCC3)c2)c(=O)n1CC. The second kappa shape index (κ2) is 12.3. The van der Waals surface area contributed by atoms with Crippen molar-refractivity contribution < 1.29 is 4.79 Å². The standard InChI is InChI=1S/C24H27N5O2S2/c1-3-9-26-22(30)20(16-25)24-29(4-2)23(31)21(33-24)17-27-19-7-5-6-18(15-19)8-10-28-11-13-32-14-12-28/h1,5-7,15,17,27H,4,8-14H2,2H3,(H,26,30)/b21-17+,24-20-. The van der Waals surface area contributed by atoms with Gasteiger partial charge < -0.3 is 15.5 Å². The fourth-order valence-electron chi connectivity index (χ4n) is 3.49. The molecule has 9 heteroatoms. The third-order valence-electron chi connectivity index (χ3n) is 5.25. The van der Waals surface area contributed by atoms with E-state index < -0.39 is 5.91 Å². The Bertz CT molecular complexity index is 1240. The summed E-state index contributed by atoms with van der Waals surface area (Å²) in [5.41, 5.74) is 1.75. The van der Waals surface area contributed by atoms with Crippen LogP contribution in [0.3, 0.4) is 0 Å². The maximum absolute atomic E-state index is 12.9. The molecule has 1 amide bonds. The summed E-state index contributed by atoms with van der Waals surface area (Å²) in [5, 5.41) is 15.2. The molecule has 0 unspecified atom stereocenters. The van der Waals surface area contributed by atoms with Crippen LogP contribution in [0.4, 0.5) is 5.69 Å². The summed E-state index contributed by atoms with van der Waals surface area (Å²) in [6.45, 7) is 5.48. The predicted octanol–water partition coefficient (Wildman–Crippen LogP) is 0.795. The second-order valence-electron chi connectivity index (χ2n) is 7.39. The van der Waals surface area contributed by atoms with Gasteiger partial charge in [0.25, 0.3) is 11.5 Å². The lowest BCUT2D eigenvalue weighted by Crippen LogP contribution is -2.34. The number of anilines is 1. The molecule has 1 aromatic carbocycles. The third-order valence-corrected chi connectivity index (χ3v) is 7.32. The molecular formula is C24H27N5O2S2. The highest BCUT2D eigenvalue weighted by atomic mass is 32.2. The Morgan fingerprint density at radius 3 is 2.82 bits per heavy atom. The van der Waals surface area contributed by atoms with E-state index in [1.165, 1.54) is 21.6 Å². The predicted molar refractivity (Wildman–Crippen MR) is 136 cm³/mol. The number of rotatable bonds is 8. The Morgan fingerprint density at radius 1 is 1.33 bits per heavy atom. The van der Waals surface area contributed by atoms with Gasteiger partial charge in [0.05, 0.1) is 6.54 Å². The molecule has 1 aliphatic rings. The van der Waals surface area contributed by atoms with Gasteiger partial charge in [-0.15, -0.1) is 17.8 Å². The highest BCUT2D eigenvalue weighted by molar-refractivity contribution is 7.99. The Kier molecular flexibility index (Phi) is 9.20. The molecule has 2 aromatic rings. The van der Waals surface area contributed by atoms with Crippen LogP contribution in [0.5, 0.6) is 0 Å².